The fourth-order valence-corrected chi connectivity index (χ4v) is 3.11. The number of rotatable bonds is 3. The fourth-order valence-electron chi connectivity index (χ4n) is 2.11. The Labute approximate surface area is 124 Å². The van der Waals surface area contributed by atoms with E-state index in [0.29, 0.717) is 5.92 Å². The smallest absolute Gasteiger partial charge is 0.410 e. The molecule has 0 aromatic carbocycles. The molecule has 0 aliphatic carbocycles. The third-order valence-electron chi connectivity index (χ3n) is 3.06. The van der Waals surface area contributed by atoms with Crippen LogP contribution in [0.15, 0.2) is 16.2 Å². The minimum absolute atomic E-state index is 0.193. The van der Waals surface area contributed by atoms with Crippen molar-refractivity contribution in [3.05, 3.63) is 11.2 Å². The van der Waals surface area contributed by atoms with E-state index in [1.54, 1.807) is 11.8 Å². The van der Waals surface area contributed by atoms with Gasteiger partial charge in [-0.3, -0.25) is 4.99 Å². The maximum atomic E-state index is 12.0. The van der Waals surface area contributed by atoms with Gasteiger partial charge in [0, 0.05) is 37.8 Å². The molecule has 20 heavy (non-hydrogen) atoms. The molecule has 6 heteroatoms. The van der Waals surface area contributed by atoms with Crippen molar-refractivity contribution in [1.82, 2.24) is 10.2 Å². The number of amides is 1. The first kappa shape index (κ1) is 15.2. The van der Waals surface area contributed by atoms with Gasteiger partial charge in [0.15, 0.2) is 0 Å². The van der Waals surface area contributed by atoms with Crippen molar-refractivity contribution in [3.63, 3.8) is 0 Å². The number of aliphatic imine (C=N–C) groups is 1. The van der Waals surface area contributed by atoms with Crippen molar-refractivity contribution in [2.24, 2.45) is 10.9 Å². The van der Waals surface area contributed by atoms with Crippen LogP contribution in [0.2, 0.25) is 0 Å². The highest BCUT2D eigenvalue weighted by Crippen LogP contribution is 2.26. The number of nitrogens with zero attached hydrogens (tertiary/aromatic N) is 2. The summed E-state index contributed by atoms with van der Waals surface area (Å²) in [7, 11) is 0. The molecule has 2 aliphatic heterocycles. The van der Waals surface area contributed by atoms with Crippen LogP contribution in [-0.2, 0) is 4.74 Å². The van der Waals surface area contributed by atoms with Gasteiger partial charge in [0.1, 0.15) is 10.6 Å². The third-order valence-corrected chi connectivity index (χ3v) is 4.21. The van der Waals surface area contributed by atoms with Gasteiger partial charge in [-0.05, 0) is 33.1 Å². The quantitative estimate of drug-likeness (QED) is 0.869. The minimum Gasteiger partial charge on any atom is -0.444 e. The average molecular weight is 297 g/mol. The number of carbonyl (C=O) groups is 1. The molecule has 1 N–H and O–H groups in total. The average Bonchev–Trinajstić information content (AvgIpc) is 2.84. The van der Waals surface area contributed by atoms with Crippen molar-refractivity contribution in [3.8, 4) is 0 Å². The molecule has 1 atom stereocenters. The lowest BCUT2D eigenvalue weighted by molar-refractivity contribution is 0.0289. The van der Waals surface area contributed by atoms with Crippen LogP contribution < -0.4 is 5.32 Å². The van der Waals surface area contributed by atoms with Gasteiger partial charge in [0.25, 0.3) is 0 Å². The number of carbonyl (C=O) groups excluding carboxylic acids is 1. The van der Waals surface area contributed by atoms with E-state index in [0.717, 1.165) is 36.8 Å². The van der Waals surface area contributed by atoms with E-state index in [1.165, 1.54) is 0 Å². The van der Waals surface area contributed by atoms with Crippen LogP contribution in [-0.4, -0.2) is 48.2 Å². The van der Waals surface area contributed by atoms with Crippen molar-refractivity contribution in [1.29, 1.82) is 0 Å². The molecule has 0 bridgehead atoms. The largest absolute Gasteiger partial charge is 0.444 e. The zero-order valence-corrected chi connectivity index (χ0v) is 13.2. The maximum Gasteiger partial charge on any atom is 0.410 e. The molecule has 0 spiro atoms. The first-order valence-electron chi connectivity index (χ1n) is 7.01. The molecule has 0 saturated carbocycles. The number of hydrogen-bond acceptors (Lipinski definition) is 5. The molecular weight excluding hydrogens is 274 g/mol. The summed E-state index contributed by atoms with van der Waals surface area (Å²) >= 11 is 1.74. The molecule has 112 valence electrons. The Kier molecular flexibility index (Phi) is 4.96. The van der Waals surface area contributed by atoms with E-state index in [4.69, 9.17) is 4.74 Å². The van der Waals surface area contributed by atoms with Gasteiger partial charge in [0.05, 0.1) is 0 Å². The second kappa shape index (κ2) is 6.52. The van der Waals surface area contributed by atoms with Gasteiger partial charge in [-0.2, -0.15) is 0 Å². The van der Waals surface area contributed by atoms with E-state index in [-0.39, 0.29) is 6.09 Å². The molecule has 1 amide bonds. The lowest BCUT2D eigenvalue weighted by Gasteiger charge is -2.24. The molecule has 0 radical (unpaired) electrons. The molecule has 0 aromatic heterocycles. The Hall–Kier alpha value is -1.17. The lowest BCUT2D eigenvalue weighted by atomic mass is 10.2. The Morgan fingerprint density at radius 2 is 2.40 bits per heavy atom. The molecule has 0 aromatic rings. The van der Waals surface area contributed by atoms with Gasteiger partial charge < -0.3 is 15.0 Å². The van der Waals surface area contributed by atoms with E-state index in [1.807, 2.05) is 38.1 Å². The first-order valence-corrected chi connectivity index (χ1v) is 7.99. The van der Waals surface area contributed by atoms with Crippen molar-refractivity contribution in [2.75, 3.05) is 25.4 Å². The van der Waals surface area contributed by atoms with Crippen LogP contribution in [0.25, 0.3) is 0 Å². The van der Waals surface area contributed by atoms with Gasteiger partial charge in [-0.25, -0.2) is 4.79 Å². The van der Waals surface area contributed by atoms with Gasteiger partial charge in [0.2, 0.25) is 0 Å². The number of thioether (sulfide) groups is 1. The predicted octanol–water partition coefficient (Wildman–Crippen LogP) is 2.45. The minimum atomic E-state index is -0.419. The second-order valence-electron chi connectivity index (χ2n) is 6.09. The third kappa shape index (κ3) is 4.74. The van der Waals surface area contributed by atoms with Crippen molar-refractivity contribution in [2.45, 2.75) is 32.8 Å². The van der Waals surface area contributed by atoms with Gasteiger partial charge in [-0.1, -0.05) is 0 Å². The van der Waals surface area contributed by atoms with Crippen LogP contribution in [0.4, 0.5) is 4.79 Å². The fraction of sp³-hybridized carbons (Fsp3) is 0.714. The molecule has 2 rings (SSSR count). The van der Waals surface area contributed by atoms with Gasteiger partial charge >= 0.3 is 6.09 Å². The summed E-state index contributed by atoms with van der Waals surface area (Å²) < 4.78 is 5.40. The number of hydrogen-bond donors (Lipinski definition) is 1. The summed E-state index contributed by atoms with van der Waals surface area (Å²) in [5.41, 5.74) is -0.419. The number of likely N-dealkylation sites (tertiary alicyclic amines) is 1. The monoisotopic (exact) mass is 297 g/mol. The summed E-state index contributed by atoms with van der Waals surface area (Å²) in [5, 5.41) is 4.17. The van der Waals surface area contributed by atoms with E-state index >= 15 is 0 Å². The summed E-state index contributed by atoms with van der Waals surface area (Å²) in [4.78, 5) is 18.1. The predicted molar refractivity (Wildman–Crippen MR) is 82.9 cm³/mol. The Bertz CT molecular complexity index is 415. The topological polar surface area (TPSA) is 53.9 Å². The summed E-state index contributed by atoms with van der Waals surface area (Å²) in [6, 6.07) is 0. The summed E-state index contributed by atoms with van der Waals surface area (Å²) in [5.74, 6) is 1.51. The Balaban J connectivity index is 1.73. The normalized spacial score (nSPS) is 22.4. The van der Waals surface area contributed by atoms with Crippen molar-refractivity contribution >= 4 is 24.1 Å². The van der Waals surface area contributed by atoms with E-state index in [9.17, 15) is 4.79 Å². The second-order valence-corrected chi connectivity index (χ2v) is 7.13. The van der Waals surface area contributed by atoms with Gasteiger partial charge in [-0.15, -0.1) is 11.8 Å². The SMILES string of the molecule is CC(C)(C)OC(=O)N1CCC(CSC2=CNCC=N2)C1. The highest BCUT2D eigenvalue weighted by atomic mass is 32.2. The van der Waals surface area contributed by atoms with Crippen LogP contribution in [0, 0.1) is 5.92 Å². The Morgan fingerprint density at radius 1 is 1.60 bits per heavy atom. The molecule has 2 aliphatic rings. The first-order chi connectivity index (χ1) is 9.44. The highest BCUT2D eigenvalue weighted by Gasteiger charge is 2.29. The maximum absolute atomic E-state index is 12.0. The lowest BCUT2D eigenvalue weighted by Crippen LogP contribution is -2.35. The summed E-state index contributed by atoms with van der Waals surface area (Å²) in [6.45, 7) is 8.07. The molecule has 1 fully saturated rings. The van der Waals surface area contributed by atoms with Crippen molar-refractivity contribution < 1.29 is 9.53 Å². The van der Waals surface area contributed by atoms with Crippen LogP contribution in [0.5, 0.6) is 0 Å². The Morgan fingerprint density at radius 3 is 3.05 bits per heavy atom. The summed E-state index contributed by atoms with van der Waals surface area (Å²) in [6.07, 6.45) is 4.67. The molecular formula is C14H23N3O2S. The molecule has 5 nitrogen and oxygen atoms in total. The zero-order chi connectivity index (χ0) is 14.6. The number of ether oxygens (including phenoxy) is 1. The standard InChI is InChI=1S/C14H23N3O2S/c1-14(2,3)19-13(18)17-7-4-11(9-17)10-20-12-8-15-5-6-16-12/h6,8,11,15H,4-5,7,9-10H2,1-3H3. The van der Waals surface area contributed by atoms with E-state index in [2.05, 4.69) is 10.3 Å². The molecule has 1 unspecified atom stereocenters. The van der Waals surface area contributed by atoms with Crippen LogP contribution in [0.1, 0.15) is 27.2 Å². The van der Waals surface area contributed by atoms with Crippen LogP contribution in [0.3, 0.4) is 0 Å². The molecule has 1 saturated heterocycles. The molecule has 2 heterocycles. The number of nitrogens with one attached hydrogen (secondary N) is 1. The van der Waals surface area contributed by atoms with E-state index < -0.39 is 5.60 Å². The highest BCUT2D eigenvalue weighted by molar-refractivity contribution is 8.03. The van der Waals surface area contributed by atoms with Crippen LogP contribution >= 0.6 is 11.8 Å². The zero-order valence-electron chi connectivity index (χ0n) is 12.4.